The van der Waals surface area contributed by atoms with E-state index < -0.39 is 0 Å². The quantitative estimate of drug-likeness (QED) is 0.811. The zero-order chi connectivity index (χ0) is 14.2. The number of amides is 1. The zero-order valence-corrected chi connectivity index (χ0v) is 13.4. The van der Waals surface area contributed by atoms with E-state index >= 15 is 0 Å². The lowest BCUT2D eigenvalue weighted by atomic mass is 9.73. The number of anilines is 1. The minimum Gasteiger partial charge on any atom is -0.495 e. The maximum Gasteiger partial charge on any atom is 0.233 e. The number of ether oxygens (including phenoxy) is 1. The predicted molar refractivity (Wildman–Crippen MR) is 83.2 cm³/mol. The van der Waals surface area contributed by atoms with Gasteiger partial charge in [0.1, 0.15) is 5.75 Å². The van der Waals surface area contributed by atoms with Gasteiger partial charge in [0.25, 0.3) is 0 Å². The number of nitrogens with zero attached hydrogens (tertiary/aromatic N) is 1. The van der Waals surface area contributed by atoms with Crippen molar-refractivity contribution in [2.24, 2.45) is 5.41 Å². The second-order valence-corrected chi connectivity index (χ2v) is 6.78. The normalized spacial score (nSPS) is 21.5. The summed E-state index contributed by atoms with van der Waals surface area (Å²) >= 11 is 3.45. The molecule has 0 aromatic heterocycles. The highest BCUT2D eigenvalue weighted by Gasteiger charge is 2.47. The Kier molecular flexibility index (Phi) is 3.76. The summed E-state index contributed by atoms with van der Waals surface area (Å²) in [5, 5.41) is 0. The monoisotopic (exact) mass is 337 g/mol. The van der Waals surface area contributed by atoms with Crippen LogP contribution in [0.4, 0.5) is 5.69 Å². The van der Waals surface area contributed by atoms with E-state index in [-0.39, 0.29) is 5.41 Å². The number of rotatable bonds is 2. The SMILES string of the molecule is COc1cc(Br)ccc1N1CCC2(CCCCC2)C1=O. The maximum atomic E-state index is 12.9. The molecule has 1 aliphatic heterocycles. The van der Waals surface area contributed by atoms with E-state index in [2.05, 4.69) is 15.9 Å². The van der Waals surface area contributed by atoms with Crippen LogP contribution in [0.5, 0.6) is 5.75 Å². The van der Waals surface area contributed by atoms with Gasteiger partial charge in [-0.2, -0.15) is 0 Å². The number of carbonyl (C=O) groups is 1. The summed E-state index contributed by atoms with van der Waals surface area (Å²) in [6.45, 7) is 0.816. The van der Waals surface area contributed by atoms with Crippen molar-refractivity contribution in [1.29, 1.82) is 0 Å². The smallest absolute Gasteiger partial charge is 0.233 e. The van der Waals surface area contributed by atoms with E-state index in [4.69, 9.17) is 4.74 Å². The molecule has 2 fully saturated rings. The van der Waals surface area contributed by atoms with Crippen LogP contribution in [-0.2, 0) is 4.79 Å². The molecule has 0 unspecified atom stereocenters. The molecular weight excluding hydrogens is 318 g/mol. The van der Waals surface area contributed by atoms with Gasteiger partial charge in [0, 0.05) is 11.0 Å². The Morgan fingerprint density at radius 1 is 1.20 bits per heavy atom. The molecule has 4 heteroatoms. The van der Waals surface area contributed by atoms with Crippen LogP contribution in [0.2, 0.25) is 0 Å². The molecule has 1 aromatic rings. The molecule has 1 aromatic carbocycles. The number of methoxy groups -OCH3 is 1. The van der Waals surface area contributed by atoms with E-state index in [9.17, 15) is 4.79 Å². The summed E-state index contributed by atoms with van der Waals surface area (Å²) in [6, 6.07) is 5.87. The molecule has 0 N–H and O–H groups in total. The van der Waals surface area contributed by atoms with E-state index in [1.807, 2.05) is 23.1 Å². The summed E-state index contributed by atoms with van der Waals surface area (Å²) < 4.78 is 6.41. The number of benzene rings is 1. The number of hydrogen-bond donors (Lipinski definition) is 0. The summed E-state index contributed by atoms with van der Waals surface area (Å²) in [4.78, 5) is 14.8. The Morgan fingerprint density at radius 2 is 1.95 bits per heavy atom. The largest absolute Gasteiger partial charge is 0.495 e. The van der Waals surface area contributed by atoms with Gasteiger partial charge in [0.15, 0.2) is 0 Å². The molecule has 1 saturated heterocycles. The molecule has 0 radical (unpaired) electrons. The highest BCUT2D eigenvalue weighted by Crippen LogP contribution is 2.47. The first-order chi connectivity index (χ1) is 9.66. The van der Waals surface area contributed by atoms with Gasteiger partial charge in [0.2, 0.25) is 5.91 Å². The van der Waals surface area contributed by atoms with Gasteiger partial charge in [-0.25, -0.2) is 0 Å². The molecule has 1 spiro atoms. The van der Waals surface area contributed by atoms with Crippen molar-refractivity contribution < 1.29 is 9.53 Å². The van der Waals surface area contributed by atoms with Crippen molar-refractivity contribution in [1.82, 2.24) is 0 Å². The lowest BCUT2D eigenvalue weighted by Gasteiger charge is -2.31. The van der Waals surface area contributed by atoms with Gasteiger partial charge in [-0.15, -0.1) is 0 Å². The first-order valence-electron chi connectivity index (χ1n) is 7.32. The van der Waals surface area contributed by atoms with Crippen LogP contribution >= 0.6 is 15.9 Å². The van der Waals surface area contributed by atoms with E-state index in [0.29, 0.717) is 5.91 Å². The summed E-state index contributed by atoms with van der Waals surface area (Å²) in [7, 11) is 1.65. The average Bonchev–Trinajstić information content (AvgIpc) is 2.77. The van der Waals surface area contributed by atoms with Gasteiger partial charge in [-0.3, -0.25) is 4.79 Å². The molecular formula is C16H20BrNO2. The van der Waals surface area contributed by atoms with Crippen LogP contribution in [0.25, 0.3) is 0 Å². The van der Waals surface area contributed by atoms with Crippen LogP contribution in [0.3, 0.4) is 0 Å². The number of carbonyl (C=O) groups excluding carboxylic acids is 1. The molecule has 0 atom stereocenters. The Balaban J connectivity index is 1.91. The molecule has 108 valence electrons. The fourth-order valence-electron chi connectivity index (χ4n) is 3.62. The average molecular weight is 338 g/mol. The second-order valence-electron chi connectivity index (χ2n) is 5.86. The van der Waals surface area contributed by atoms with Crippen LogP contribution in [0.1, 0.15) is 38.5 Å². The third kappa shape index (κ3) is 2.24. The fourth-order valence-corrected chi connectivity index (χ4v) is 3.96. The molecule has 1 saturated carbocycles. The zero-order valence-electron chi connectivity index (χ0n) is 11.8. The number of halogens is 1. The van der Waals surface area contributed by atoms with Crippen molar-refractivity contribution in [3.8, 4) is 5.75 Å². The number of hydrogen-bond acceptors (Lipinski definition) is 2. The van der Waals surface area contributed by atoms with Crippen molar-refractivity contribution in [3.05, 3.63) is 22.7 Å². The van der Waals surface area contributed by atoms with Crippen molar-refractivity contribution in [2.45, 2.75) is 38.5 Å². The van der Waals surface area contributed by atoms with Crippen molar-refractivity contribution in [2.75, 3.05) is 18.6 Å². The van der Waals surface area contributed by atoms with Crippen molar-refractivity contribution in [3.63, 3.8) is 0 Å². The first-order valence-corrected chi connectivity index (χ1v) is 8.11. The van der Waals surface area contributed by atoms with E-state index in [1.54, 1.807) is 7.11 Å². The van der Waals surface area contributed by atoms with Gasteiger partial charge in [-0.05, 0) is 37.5 Å². The first kappa shape index (κ1) is 13.9. The Morgan fingerprint density at radius 3 is 2.65 bits per heavy atom. The summed E-state index contributed by atoms with van der Waals surface area (Å²) in [6.07, 6.45) is 6.76. The molecule has 3 nitrogen and oxygen atoms in total. The van der Waals surface area contributed by atoms with Gasteiger partial charge >= 0.3 is 0 Å². The van der Waals surface area contributed by atoms with Crippen LogP contribution in [0, 0.1) is 5.41 Å². The molecule has 0 bridgehead atoms. The Hall–Kier alpha value is -1.03. The summed E-state index contributed by atoms with van der Waals surface area (Å²) in [5.41, 5.74) is 0.819. The molecule has 1 heterocycles. The molecule has 3 rings (SSSR count). The minimum absolute atomic E-state index is 0.0870. The Bertz CT molecular complexity index is 523. The topological polar surface area (TPSA) is 29.5 Å². The maximum absolute atomic E-state index is 12.9. The summed E-state index contributed by atoms with van der Waals surface area (Å²) in [5.74, 6) is 1.07. The minimum atomic E-state index is -0.0870. The van der Waals surface area contributed by atoms with E-state index in [1.165, 1.54) is 19.3 Å². The third-order valence-electron chi connectivity index (χ3n) is 4.76. The van der Waals surface area contributed by atoms with Crippen LogP contribution in [0.15, 0.2) is 22.7 Å². The van der Waals surface area contributed by atoms with E-state index in [0.717, 1.165) is 41.7 Å². The molecule has 20 heavy (non-hydrogen) atoms. The van der Waals surface area contributed by atoms with Crippen LogP contribution < -0.4 is 9.64 Å². The van der Waals surface area contributed by atoms with Crippen LogP contribution in [-0.4, -0.2) is 19.6 Å². The highest BCUT2D eigenvalue weighted by atomic mass is 79.9. The third-order valence-corrected chi connectivity index (χ3v) is 5.25. The lowest BCUT2D eigenvalue weighted by Crippen LogP contribution is -2.36. The predicted octanol–water partition coefficient (Wildman–Crippen LogP) is 4.14. The van der Waals surface area contributed by atoms with Gasteiger partial charge in [0.05, 0.1) is 18.2 Å². The Labute approximate surface area is 128 Å². The highest BCUT2D eigenvalue weighted by molar-refractivity contribution is 9.10. The molecule has 1 aliphatic carbocycles. The molecule has 1 amide bonds. The van der Waals surface area contributed by atoms with Gasteiger partial charge in [-0.1, -0.05) is 35.2 Å². The standard InChI is InChI=1S/C16H20BrNO2/c1-20-14-11-12(17)5-6-13(14)18-10-9-16(15(18)19)7-3-2-4-8-16/h5-6,11H,2-4,7-10H2,1H3. The lowest BCUT2D eigenvalue weighted by molar-refractivity contribution is -0.127. The fraction of sp³-hybridized carbons (Fsp3) is 0.562. The molecule has 2 aliphatic rings. The van der Waals surface area contributed by atoms with Crippen molar-refractivity contribution >= 4 is 27.5 Å². The van der Waals surface area contributed by atoms with Gasteiger partial charge < -0.3 is 9.64 Å². The second kappa shape index (κ2) is 5.40.